The van der Waals surface area contributed by atoms with Crippen LogP contribution in [-0.4, -0.2) is 30.4 Å². The molecule has 5 aromatic heterocycles. The summed E-state index contributed by atoms with van der Waals surface area (Å²) in [6, 6.07) is 14.8. The van der Waals surface area contributed by atoms with Gasteiger partial charge in [0.25, 0.3) is 0 Å². The lowest BCUT2D eigenvalue weighted by atomic mass is 10.1. The number of thiophene rings is 1. The van der Waals surface area contributed by atoms with E-state index in [0.717, 1.165) is 39.1 Å². The van der Waals surface area contributed by atoms with Crippen molar-refractivity contribution in [1.82, 2.24) is 30.4 Å². The number of nitrogens with zero attached hydrogens (tertiary/aromatic N) is 3. The zero-order chi connectivity index (χ0) is 18.5. The molecule has 0 aliphatic carbocycles. The minimum Gasteiger partial charge on any atom is -0.353 e. The zero-order valence-corrected chi connectivity index (χ0v) is 15.4. The number of fused-ring (bicyclic) bond motifs is 2. The van der Waals surface area contributed by atoms with Gasteiger partial charge in [-0.1, -0.05) is 18.2 Å². The summed E-state index contributed by atoms with van der Waals surface area (Å²) >= 11 is 1.75. The van der Waals surface area contributed by atoms with Gasteiger partial charge in [-0.15, -0.1) is 11.3 Å². The highest BCUT2D eigenvalue weighted by atomic mass is 32.1. The van der Waals surface area contributed by atoms with Gasteiger partial charge in [-0.25, -0.2) is 0 Å². The predicted molar refractivity (Wildman–Crippen MR) is 112 cm³/mol. The topological polar surface area (TPSA) is 86.0 Å². The molecule has 0 bridgehead atoms. The van der Waals surface area contributed by atoms with E-state index >= 15 is 0 Å². The molecule has 134 valence electrons. The smallest absolute Gasteiger partial charge is 0.116 e. The van der Waals surface area contributed by atoms with Gasteiger partial charge >= 0.3 is 0 Å². The Morgan fingerprint density at radius 1 is 0.929 bits per heavy atom. The van der Waals surface area contributed by atoms with E-state index in [1.165, 1.54) is 15.8 Å². The Labute approximate surface area is 163 Å². The largest absolute Gasteiger partial charge is 0.353 e. The van der Waals surface area contributed by atoms with Gasteiger partial charge in [0.15, 0.2) is 0 Å². The van der Waals surface area contributed by atoms with Crippen LogP contribution in [0.15, 0.2) is 66.4 Å². The van der Waals surface area contributed by atoms with Gasteiger partial charge in [0.1, 0.15) is 5.69 Å². The Morgan fingerprint density at radius 3 is 2.79 bits per heavy atom. The normalized spacial score (nSPS) is 11.6. The van der Waals surface area contributed by atoms with E-state index in [-0.39, 0.29) is 0 Å². The predicted octanol–water partition coefficient (Wildman–Crippen LogP) is 5.22. The van der Waals surface area contributed by atoms with E-state index in [0.29, 0.717) is 0 Å². The molecular formula is C21H14N6S. The molecule has 0 aliphatic rings. The van der Waals surface area contributed by atoms with Crippen LogP contribution in [0.5, 0.6) is 0 Å². The van der Waals surface area contributed by atoms with Crippen molar-refractivity contribution in [2.75, 3.05) is 0 Å². The summed E-state index contributed by atoms with van der Waals surface area (Å²) in [4.78, 5) is 9.30. The van der Waals surface area contributed by atoms with Crippen LogP contribution in [0.25, 0.3) is 54.9 Å². The van der Waals surface area contributed by atoms with Crippen molar-refractivity contribution in [1.29, 1.82) is 0 Å². The molecule has 0 atom stereocenters. The van der Waals surface area contributed by atoms with Gasteiger partial charge in [-0.05, 0) is 29.6 Å². The summed E-state index contributed by atoms with van der Waals surface area (Å²) in [5.41, 5.74) is 6.91. The van der Waals surface area contributed by atoms with Crippen molar-refractivity contribution in [2.24, 2.45) is 0 Å². The highest BCUT2D eigenvalue weighted by molar-refractivity contribution is 7.13. The second kappa shape index (κ2) is 5.90. The number of H-pyrrole nitrogens is 3. The monoisotopic (exact) mass is 382 g/mol. The molecule has 6 nitrogen and oxygen atoms in total. The molecule has 7 heteroatoms. The molecule has 0 saturated carbocycles. The van der Waals surface area contributed by atoms with Gasteiger partial charge in [0, 0.05) is 38.5 Å². The average Bonchev–Trinajstić information content (AvgIpc) is 3.53. The second-order valence-electron chi connectivity index (χ2n) is 6.60. The van der Waals surface area contributed by atoms with Crippen LogP contribution >= 0.6 is 11.3 Å². The standard InChI is InChI=1S/C21H14N6S/c1-3-13(20-5-2-6-28-20)14-7-18(25-16(14)4-1)21-15-8-17(12-9-23-24-10-12)22-11-19(15)26-27-21/h1-11,25H,(H,23,24)(H,26,27). The molecule has 0 aliphatic heterocycles. The summed E-state index contributed by atoms with van der Waals surface area (Å²) in [6.07, 6.45) is 5.42. The molecule has 0 radical (unpaired) electrons. The van der Waals surface area contributed by atoms with Crippen LogP contribution in [0.2, 0.25) is 0 Å². The Hall–Kier alpha value is -3.71. The zero-order valence-electron chi connectivity index (χ0n) is 14.6. The third-order valence-corrected chi connectivity index (χ3v) is 5.85. The fourth-order valence-electron chi connectivity index (χ4n) is 3.60. The van der Waals surface area contributed by atoms with Crippen molar-refractivity contribution in [2.45, 2.75) is 0 Å². The summed E-state index contributed by atoms with van der Waals surface area (Å²) in [7, 11) is 0. The third-order valence-electron chi connectivity index (χ3n) is 4.95. The van der Waals surface area contributed by atoms with Gasteiger partial charge in [0.2, 0.25) is 0 Å². The minimum atomic E-state index is 0.860. The maximum absolute atomic E-state index is 4.56. The van der Waals surface area contributed by atoms with Crippen molar-refractivity contribution in [3.05, 3.63) is 66.4 Å². The lowest BCUT2D eigenvalue weighted by Crippen LogP contribution is -1.82. The maximum Gasteiger partial charge on any atom is 0.116 e. The SMILES string of the molecule is c1csc(-c2cccc3[nH]c(-c4n[nH]c5cnc(-c6cn[nH]c6)cc45)cc23)c1. The van der Waals surface area contributed by atoms with E-state index in [2.05, 4.69) is 72.1 Å². The molecule has 1 aromatic carbocycles. The van der Waals surface area contributed by atoms with E-state index in [1.54, 1.807) is 17.5 Å². The van der Waals surface area contributed by atoms with E-state index < -0.39 is 0 Å². The number of hydrogen-bond acceptors (Lipinski definition) is 4. The van der Waals surface area contributed by atoms with Crippen molar-refractivity contribution in [3.8, 4) is 33.1 Å². The lowest BCUT2D eigenvalue weighted by Gasteiger charge is -1.98. The number of pyridine rings is 1. The molecule has 6 aromatic rings. The molecular weight excluding hydrogens is 368 g/mol. The van der Waals surface area contributed by atoms with Crippen LogP contribution < -0.4 is 0 Å². The van der Waals surface area contributed by atoms with E-state index in [1.807, 2.05) is 18.5 Å². The fraction of sp³-hybridized carbons (Fsp3) is 0. The average molecular weight is 382 g/mol. The molecule has 0 spiro atoms. The molecule has 6 rings (SSSR count). The number of aromatic nitrogens is 6. The molecule has 5 heterocycles. The molecule has 0 fully saturated rings. The van der Waals surface area contributed by atoms with Crippen LogP contribution in [0.3, 0.4) is 0 Å². The third kappa shape index (κ3) is 2.30. The van der Waals surface area contributed by atoms with Crippen molar-refractivity contribution >= 4 is 33.1 Å². The summed E-state index contributed by atoms with van der Waals surface area (Å²) in [5, 5.41) is 18.8. The fourth-order valence-corrected chi connectivity index (χ4v) is 4.37. The number of hydrogen-bond donors (Lipinski definition) is 3. The first kappa shape index (κ1) is 15.4. The number of rotatable bonds is 3. The van der Waals surface area contributed by atoms with Crippen LogP contribution in [0, 0.1) is 0 Å². The summed E-state index contributed by atoms with van der Waals surface area (Å²) in [5.74, 6) is 0. The number of aromatic amines is 3. The highest BCUT2D eigenvalue weighted by Gasteiger charge is 2.15. The number of benzene rings is 1. The quantitative estimate of drug-likeness (QED) is 0.392. The Morgan fingerprint density at radius 2 is 1.93 bits per heavy atom. The Kier molecular flexibility index (Phi) is 3.24. The lowest BCUT2D eigenvalue weighted by molar-refractivity contribution is 1.09. The van der Waals surface area contributed by atoms with Gasteiger partial charge < -0.3 is 4.98 Å². The van der Waals surface area contributed by atoms with E-state index in [9.17, 15) is 0 Å². The van der Waals surface area contributed by atoms with Gasteiger partial charge in [0.05, 0.1) is 29.3 Å². The van der Waals surface area contributed by atoms with Crippen LogP contribution in [-0.2, 0) is 0 Å². The van der Waals surface area contributed by atoms with Crippen molar-refractivity contribution in [3.63, 3.8) is 0 Å². The minimum absolute atomic E-state index is 0.860. The first-order valence-electron chi connectivity index (χ1n) is 8.86. The molecule has 0 amide bonds. The first-order chi connectivity index (χ1) is 13.9. The molecule has 3 N–H and O–H groups in total. The first-order valence-corrected chi connectivity index (χ1v) is 9.74. The second-order valence-corrected chi connectivity index (χ2v) is 7.55. The highest BCUT2D eigenvalue weighted by Crippen LogP contribution is 2.36. The van der Waals surface area contributed by atoms with E-state index in [4.69, 9.17) is 0 Å². The molecule has 0 unspecified atom stereocenters. The van der Waals surface area contributed by atoms with Crippen LogP contribution in [0.1, 0.15) is 0 Å². The maximum atomic E-state index is 4.56. The summed E-state index contributed by atoms with van der Waals surface area (Å²) < 4.78 is 0. The Balaban J connectivity index is 1.55. The van der Waals surface area contributed by atoms with Crippen LogP contribution in [0.4, 0.5) is 0 Å². The van der Waals surface area contributed by atoms with Gasteiger partial charge in [-0.3, -0.25) is 15.2 Å². The molecule has 28 heavy (non-hydrogen) atoms. The van der Waals surface area contributed by atoms with Crippen molar-refractivity contribution < 1.29 is 0 Å². The summed E-state index contributed by atoms with van der Waals surface area (Å²) in [6.45, 7) is 0. The Bertz CT molecular complexity index is 1410. The number of nitrogens with one attached hydrogen (secondary N) is 3. The van der Waals surface area contributed by atoms with Gasteiger partial charge in [-0.2, -0.15) is 10.2 Å². The molecule has 0 saturated heterocycles.